The molecule has 0 spiro atoms. The number of benzene rings is 1. The van der Waals surface area contributed by atoms with E-state index in [2.05, 4.69) is 6.92 Å². The summed E-state index contributed by atoms with van der Waals surface area (Å²) in [6, 6.07) is 9.25. The molecular formula is C27H36N2O5. The van der Waals surface area contributed by atoms with Crippen LogP contribution in [0.5, 0.6) is 5.75 Å². The topological polar surface area (TPSA) is 73.9 Å². The number of rotatable bonds is 8. The molecule has 0 saturated heterocycles. The number of nitrogens with zero attached hydrogens (tertiary/aromatic N) is 2. The number of hydrogen-bond acceptors (Lipinski definition) is 5. The number of hydrogen-bond donors (Lipinski definition) is 0. The minimum absolute atomic E-state index is 0.173. The second-order valence-electron chi connectivity index (χ2n) is 9.94. The summed E-state index contributed by atoms with van der Waals surface area (Å²) >= 11 is 0. The van der Waals surface area contributed by atoms with Gasteiger partial charge in [-0.2, -0.15) is 0 Å². The SMILES string of the molecule is CCCCOc1c(N(C)C(=O)OC(C)(C)C)n(CC(C)C)c(=O)c2ccc(-c3ccco3)cc12. The molecule has 2 heterocycles. The van der Waals surface area contributed by atoms with Crippen molar-refractivity contribution in [3.8, 4) is 17.1 Å². The summed E-state index contributed by atoms with van der Waals surface area (Å²) in [5.41, 5.74) is -0.0335. The average molecular weight is 469 g/mol. The number of carbonyl (C=O) groups excluding carboxylic acids is 1. The fraction of sp³-hybridized carbons (Fsp3) is 0.481. The average Bonchev–Trinajstić information content (AvgIpc) is 3.29. The Balaban J connectivity index is 2.31. The smallest absolute Gasteiger partial charge is 0.415 e. The van der Waals surface area contributed by atoms with Crippen molar-refractivity contribution in [1.82, 2.24) is 4.57 Å². The van der Waals surface area contributed by atoms with Crippen LogP contribution in [0.2, 0.25) is 0 Å². The van der Waals surface area contributed by atoms with E-state index in [9.17, 15) is 9.59 Å². The van der Waals surface area contributed by atoms with E-state index in [-0.39, 0.29) is 11.5 Å². The van der Waals surface area contributed by atoms with Gasteiger partial charge in [-0.1, -0.05) is 33.3 Å². The molecule has 7 heteroatoms. The molecule has 2 aromatic heterocycles. The second-order valence-corrected chi connectivity index (χ2v) is 9.94. The molecule has 0 bridgehead atoms. The van der Waals surface area contributed by atoms with Crippen LogP contribution >= 0.6 is 0 Å². The molecule has 7 nitrogen and oxygen atoms in total. The molecule has 0 aliphatic carbocycles. The monoisotopic (exact) mass is 468 g/mol. The van der Waals surface area contributed by atoms with Crippen molar-refractivity contribution in [2.75, 3.05) is 18.6 Å². The fourth-order valence-corrected chi connectivity index (χ4v) is 3.74. The lowest BCUT2D eigenvalue weighted by Crippen LogP contribution is -2.38. The largest absolute Gasteiger partial charge is 0.489 e. The fourth-order valence-electron chi connectivity index (χ4n) is 3.74. The summed E-state index contributed by atoms with van der Waals surface area (Å²) in [5, 5.41) is 1.17. The van der Waals surface area contributed by atoms with Crippen LogP contribution in [0.25, 0.3) is 22.1 Å². The summed E-state index contributed by atoms with van der Waals surface area (Å²) in [5.74, 6) is 1.75. The summed E-state index contributed by atoms with van der Waals surface area (Å²) in [7, 11) is 1.62. The molecule has 0 radical (unpaired) electrons. The Kier molecular flexibility index (Phi) is 7.75. The molecule has 1 aromatic carbocycles. The number of aromatic nitrogens is 1. The standard InChI is InChI=1S/C27H36N2O5/c1-8-9-14-33-23-21-16-19(22-11-10-15-32-22)12-13-20(21)25(30)29(17-18(2)3)24(23)28(7)26(31)34-27(4,5)6/h10-13,15-16,18H,8-9,14,17H2,1-7H3. The third-order valence-corrected chi connectivity index (χ3v) is 5.28. The van der Waals surface area contributed by atoms with Crippen molar-refractivity contribution in [2.45, 2.75) is 66.5 Å². The molecule has 184 valence electrons. The van der Waals surface area contributed by atoms with Crippen LogP contribution in [0.1, 0.15) is 54.4 Å². The van der Waals surface area contributed by atoms with E-state index < -0.39 is 11.7 Å². The van der Waals surface area contributed by atoms with Crippen molar-refractivity contribution in [2.24, 2.45) is 5.92 Å². The van der Waals surface area contributed by atoms with E-state index in [1.165, 1.54) is 4.90 Å². The highest BCUT2D eigenvalue weighted by Gasteiger charge is 2.28. The minimum Gasteiger partial charge on any atom is -0.489 e. The molecule has 3 aromatic rings. The second kappa shape index (κ2) is 10.4. The number of amides is 1. The molecule has 0 aliphatic rings. The Morgan fingerprint density at radius 3 is 2.50 bits per heavy atom. The first-order valence-electron chi connectivity index (χ1n) is 11.9. The molecule has 34 heavy (non-hydrogen) atoms. The zero-order chi connectivity index (χ0) is 25.0. The van der Waals surface area contributed by atoms with E-state index in [0.29, 0.717) is 41.3 Å². The zero-order valence-corrected chi connectivity index (χ0v) is 21.3. The van der Waals surface area contributed by atoms with Gasteiger partial charge in [-0.3, -0.25) is 14.3 Å². The molecule has 1 amide bonds. The first-order chi connectivity index (χ1) is 16.0. The van der Waals surface area contributed by atoms with Gasteiger partial charge in [-0.25, -0.2) is 4.79 Å². The van der Waals surface area contributed by atoms with E-state index in [1.807, 2.05) is 58.9 Å². The quantitative estimate of drug-likeness (QED) is 0.354. The Bertz CT molecular complexity index is 1190. The van der Waals surface area contributed by atoms with Gasteiger partial charge < -0.3 is 13.9 Å². The summed E-state index contributed by atoms with van der Waals surface area (Å²) in [6.45, 7) is 12.5. The minimum atomic E-state index is -0.680. The van der Waals surface area contributed by atoms with Gasteiger partial charge in [0.25, 0.3) is 5.56 Å². The number of unbranched alkanes of at least 4 members (excludes halogenated alkanes) is 1. The van der Waals surface area contributed by atoms with E-state index >= 15 is 0 Å². The third kappa shape index (κ3) is 5.64. The maximum Gasteiger partial charge on any atom is 0.415 e. The van der Waals surface area contributed by atoms with Crippen molar-refractivity contribution in [3.63, 3.8) is 0 Å². The summed E-state index contributed by atoms with van der Waals surface area (Å²) in [6.07, 6.45) is 2.86. The molecule has 0 unspecified atom stereocenters. The lowest BCUT2D eigenvalue weighted by atomic mass is 10.0. The Hall–Kier alpha value is -3.22. The molecule has 0 fully saturated rings. The van der Waals surface area contributed by atoms with E-state index in [4.69, 9.17) is 13.9 Å². The number of ether oxygens (including phenoxy) is 2. The van der Waals surface area contributed by atoms with E-state index in [1.54, 1.807) is 23.9 Å². The lowest BCUT2D eigenvalue weighted by Gasteiger charge is -2.29. The Morgan fingerprint density at radius 1 is 1.18 bits per heavy atom. The number of pyridine rings is 1. The Morgan fingerprint density at radius 2 is 1.91 bits per heavy atom. The van der Waals surface area contributed by atoms with Crippen molar-refractivity contribution in [3.05, 3.63) is 46.9 Å². The predicted octanol–water partition coefficient (Wildman–Crippen LogP) is 6.47. The Labute approximate surface area is 201 Å². The van der Waals surface area contributed by atoms with Gasteiger partial charge in [0.2, 0.25) is 0 Å². The normalized spacial score (nSPS) is 11.8. The van der Waals surface area contributed by atoms with Crippen LogP contribution in [-0.2, 0) is 11.3 Å². The first kappa shape index (κ1) is 25.4. The van der Waals surface area contributed by atoms with Gasteiger partial charge >= 0.3 is 6.09 Å². The summed E-state index contributed by atoms with van der Waals surface area (Å²) in [4.78, 5) is 28.2. The first-order valence-corrected chi connectivity index (χ1v) is 11.9. The molecule has 0 atom stereocenters. The van der Waals surface area contributed by atoms with Crippen LogP contribution in [0, 0.1) is 5.92 Å². The van der Waals surface area contributed by atoms with E-state index in [0.717, 1.165) is 18.4 Å². The number of fused-ring (bicyclic) bond motifs is 1. The number of carbonyl (C=O) groups is 1. The summed E-state index contributed by atoms with van der Waals surface area (Å²) < 4.78 is 19.1. The molecule has 3 rings (SSSR count). The maximum atomic E-state index is 13.7. The van der Waals surface area contributed by atoms with Crippen molar-refractivity contribution in [1.29, 1.82) is 0 Å². The maximum absolute atomic E-state index is 13.7. The predicted molar refractivity (Wildman–Crippen MR) is 136 cm³/mol. The highest BCUT2D eigenvalue weighted by Crippen LogP contribution is 2.37. The number of furan rings is 1. The molecule has 0 aliphatic heterocycles. The van der Waals surface area contributed by atoms with Crippen LogP contribution < -0.4 is 15.2 Å². The van der Waals surface area contributed by atoms with Gasteiger partial charge in [-0.15, -0.1) is 0 Å². The van der Waals surface area contributed by atoms with Crippen LogP contribution in [0.3, 0.4) is 0 Å². The molecule has 0 N–H and O–H groups in total. The van der Waals surface area contributed by atoms with Gasteiger partial charge in [0.05, 0.1) is 18.3 Å². The highest BCUT2D eigenvalue weighted by atomic mass is 16.6. The van der Waals surface area contributed by atoms with Crippen LogP contribution in [0.4, 0.5) is 10.6 Å². The highest BCUT2D eigenvalue weighted by molar-refractivity contribution is 5.98. The van der Waals surface area contributed by atoms with Crippen LogP contribution in [-0.4, -0.2) is 29.9 Å². The third-order valence-electron chi connectivity index (χ3n) is 5.28. The van der Waals surface area contributed by atoms with Gasteiger partial charge in [0.1, 0.15) is 11.4 Å². The molecular weight excluding hydrogens is 432 g/mol. The van der Waals surface area contributed by atoms with Gasteiger partial charge in [0.15, 0.2) is 11.6 Å². The van der Waals surface area contributed by atoms with Crippen molar-refractivity contribution < 1.29 is 18.7 Å². The van der Waals surface area contributed by atoms with Crippen molar-refractivity contribution >= 4 is 22.7 Å². The van der Waals surface area contributed by atoms with Crippen LogP contribution in [0.15, 0.2) is 45.8 Å². The zero-order valence-electron chi connectivity index (χ0n) is 21.3. The lowest BCUT2D eigenvalue weighted by molar-refractivity contribution is 0.0585. The molecule has 0 saturated carbocycles. The van der Waals surface area contributed by atoms with Gasteiger partial charge in [-0.05, 0) is 57.4 Å². The number of anilines is 1. The van der Waals surface area contributed by atoms with Gasteiger partial charge in [0, 0.05) is 24.5 Å².